The van der Waals surface area contributed by atoms with Crippen molar-refractivity contribution in [3.63, 3.8) is 0 Å². The smallest absolute Gasteiger partial charge is 0.437 e. The van der Waals surface area contributed by atoms with Crippen molar-refractivity contribution < 1.29 is 32.2 Å². The molecule has 1 saturated heterocycles. The van der Waals surface area contributed by atoms with Crippen molar-refractivity contribution in [2.24, 2.45) is 10.9 Å². The number of fused-ring (bicyclic) bond motifs is 2. The fourth-order valence-corrected chi connectivity index (χ4v) is 7.26. The molecule has 5 rings (SSSR count). The van der Waals surface area contributed by atoms with Crippen LogP contribution in [0, 0.1) is 5.92 Å². The van der Waals surface area contributed by atoms with Crippen molar-refractivity contribution in [1.29, 1.82) is 0 Å². The number of amides is 2. The molecule has 0 radical (unpaired) electrons. The van der Waals surface area contributed by atoms with Crippen LogP contribution in [0.3, 0.4) is 0 Å². The molecule has 2 aliphatic rings. The topological polar surface area (TPSA) is 127 Å². The van der Waals surface area contributed by atoms with Crippen molar-refractivity contribution in [3.05, 3.63) is 71.8 Å². The number of piperidine rings is 1. The Morgan fingerprint density at radius 1 is 0.854 bits per heavy atom. The number of hydrogen-bond acceptors (Lipinski definition) is 7. The summed E-state index contributed by atoms with van der Waals surface area (Å²) in [6.45, 7) is 12.8. The first kappa shape index (κ1) is 35.2. The maximum Gasteiger partial charge on any atom is 0.437 e. The summed E-state index contributed by atoms with van der Waals surface area (Å²) in [4.78, 5) is 31.5. The molecule has 2 amide bonds. The molecule has 0 atom stereocenters. The summed E-state index contributed by atoms with van der Waals surface area (Å²) in [5, 5.41) is 4.55. The minimum Gasteiger partial charge on any atom is -0.493 e. The quantitative estimate of drug-likeness (QED) is 0.240. The lowest BCUT2D eigenvalue weighted by atomic mass is 9.98. The number of guanidine groups is 1. The molecule has 0 bridgehead atoms. The average Bonchev–Trinajstić information content (AvgIpc) is 3.01. The number of ether oxygens (including phenoxy) is 3. The molecule has 0 aliphatic carbocycles. The van der Waals surface area contributed by atoms with Crippen molar-refractivity contribution in [2.45, 2.75) is 83.4 Å². The van der Waals surface area contributed by atoms with E-state index in [1.165, 1.54) is 0 Å². The highest BCUT2D eigenvalue weighted by molar-refractivity contribution is 7.89. The van der Waals surface area contributed by atoms with Gasteiger partial charge in [0.1, 0.15) is 17.0 Å². The van der Waals surface area contributed by atoms with Gasteiger partial charge in [-0.15, -0.1) is 4.99 Å². The third-order valence-corrected chi connectivity index (χ3v) is 10.0. The highest BCUT2D eigenvalue weighted by Crippen LogP contribution is 2.29. The molecule has 2 heterocycles. The maximum atomic E-state index is 13.4. The Morgan fingerprint density at radius 2 is 1.54 bits per heavy atom. The summed E-state index contributed by atoms with van der Waals surface area (Å²) in [6, 6.07) is 19.0. The standard InChI is InChI=1S/C36H46N4O7S/c1-35(2,3)46-33(41)37-32(38-34(42)47-36(4,5)6)39-18-17-27-11-13-30(21-29(27)23-39)45-24-25-15-19-40(20-16-25)48(43,44)31-14-12-26-9-7-8-10-28(26)22-31/h7-14,21-22,25H,15-20,23-24H2,1-6H3,(H,37,38,41,42). The highest BCUT2D eigenvalue weighted by Gasteiger charge is 2.30. The molecule has 0 spiro atoms. The Kier molecular flexibility index (Phi) is 10.4. The predicted molar refractivity (Wildman–Crippen MR) is 185 cm³/mol. The molecule has 1 fully saturated rings. The van der Waals surface area contributed by atoms with Crippen LogP contribution in [0.2, 0.25) is 0 Å². The second-order valence-corrected chi connectivity index (χ2v) is 16.3. The van der Waals surface area contributed by atoms with Gasteiger partial charge in [-0.25, -0.2) is 18.0 Å². The van der Waals surface area contributed by atoms with Gasteiger partial charge in [-0.2, -0.15) is 4.31 Å². The van der Waals surface area contributed by atoms with Gasteiger partial charge in [0.25, 0.3) is 0 Å². The molecular formula is C36H46N4O7S. The van der Waals surface area contributed by atoms with Gasteiger partial charge in [0, 0.05) is 26.2 Å². The molecule has 3 aromatic carbocycles. The van der Waals surface area contributed by atoms with Crippen LogP contribution < -0.4 is 10.1 Å². The van der Waals surface area contributed by atoms with Crippen LogP contribution in [0.1, 0.15) is 65.5 Å². The van der Waals surface area contributed by atoms with Crippen molar-refractivity contribution >= 4 is 38.9 Å². The third-order valence-electron chi connectivity index (χ3n) is 8.11. The van der Waals surface area contributed by atoms with Gasteiger partial charge < -0.3 is 19.1 Å². The molecule has 48 heavy (non-hydrogen) atoms. The molecule has 3 aromatic rings. The van der Waals surface area contributed by atoms with Gasteiger partial charge in [0.15, 0.2) is 0 Å². The molecule has 12 heteroatoms. The molecular weight excluding hydrogens is 632 g/mol. The number of rotatable bonds is 5. The van der Waals surface area contributed by atoms with Crippen LogP contribution in [0.25, 0.3) is 10.8 Å². The van der Waals surface area contributed by atoms with E-state index < -0.39 is 33.4 Å². The lowest BCUT2D eigenvalue weighted by Gasteiger charge is -2.32. The van der Waals surface area contributed by atoms with Gasteiger partial charge >= 0.3 is 12.2 Å². The van der Waals surface area contributed by atoms with E-state index in [-0.39, 0.29) is 11.9 Å². The lowest BCUT2D eigenvalue weighted by molar-refractivity contribution is 0.0553. The van der Waals surface area contributed by atoms with E-state index in [0.29, 0.717) is 62.7 Å². The predicted octanol–water partition coefficient (Wildman–Crippen LogP) is 6.49. The average molecular weight is 679 g/mol. The zero-order chi connectivity index (χ0) is 34.7. The summed E-state index contributed by atoms with van der Waals surface area (Å²) in [6.07, 6.45) is 0.540. The lowest BCUT2D eigenvalue weighted by Crippen LogP contribution is -2.48. The van der Waals surface area contributed by atoms with Crippen molar-refractivity contribution in [1.82, 2.24) is 14.5 Å². The number of carbonyl (C=O) groups excluding carboxylic acids is 2. The van der Waals surface area contributed by atoms with E-state index in [0.717, 1.165) is 21.9 Å². The molecule has 2 aliphatic heterocycles. The van der Waals surface area contributed by atoms with Gasteiger partial charge in [-0.3, -0.25) is 5.32 Å². The van der Waals surface area contributed by atoms with Gasteiger partial charge in [0.05, 0.1) is 11.5 Å². The van der Waals surface area contributed by atoms with E-state index in [4.69, 9.17) is 14.2 Å². The minimum atomic E-state index is -3.59. The number of nitrogens with one attached hydrogen (secondary N) is 1. The normalized spacial score (nSPS) is 16.7. The maximum absolute atomic E-state index is 13.4. The van der Waals surface area contributed by atoms with Crippen LogP contribution >= 0.6 is 0 Å². The highest BCUT2D eigenvalue weighted by atomic mass is 32.2. The Balaban J connectivity index is 1.20. The van der Waals surface area contributed by atoms with Crippen LogP contribution in [0.5, 0.6) is 5.75 Å². The molecule has 0 saturated carbocycles. The summed E-state index contributed by atoms with van der Waals surface area (Å²) >= 11 is 0. The minimum absolute atomic E-state index is 0.0564. The monoisotopic (exact) mass is 678 g/mol. The first-order valence-corrected chi connectivity index (χ1v) is 17.8. The number of benzene rings is 3. The first-order valence-electron chi connectivity index (χ1n) is 16.4. The van der Waals surface area contributed by atoms with E-state index in [9.17, 15) is 18.0 Å². The second kappa shape index (κ2) is 14.1. The second-order valence-electron chi connectivity index (χ2n) is 14.3. The number of aliphatic imine (C=N–C) groups is 1. The third kappa shape index (κ3) is 9.25. The first-order chi connectivity index (χ1) is 22.6. The van der Waals surface area contributed by atoms with Crippen molar-refractivity contribution in [2.75, 3.05) is 26.2 Å². The Labute approximate surface area is 283 Å². The van der Waals surface area contributed by atoms with Crippen LogP contribution in [-0.4, -0.2) is 73.2 Å². The Hall–Kier alpha value is -4.16. The Morgan fingerprint density at radius 3 is 2.23 bits per heavy atom. The van der Waals surface area contributed by atoms with E-state index in [2.05, 4.69) is 10.3 Å². The molecule has 0 aromatic heterocycles. The molecule has 1 N–H and O–H groups in total. The van der Waals surface area contributed by atoms with E-state index in [1.807, 2.05) is 53.4 Å². The number of nitrogens with zero attached hydrogens (tertiary/aromatic N) is 3. The van der Waals surface area contributed by atoms with Crippen LogP contribution in [-0.2, 0) is 32.5 Å². The zero-order valence-corrected chi connectivity index (χ0v) is 29.4. The fraction of sp³-hybridized carbons (Fsp3) is 0.472. The largest absolute Gasteiger partial charge is 0.493 e. The molecule has 258 valence electrons. The van der Waals surface area contributed by atoms with Gasteiger partial charge in [-0.05, 0) is 113 Å². The zero-order valence-electron chi connectivity index (χ0n) is 28.6. The van der Waals surface area contributed by atoms with Gasteiger partial charge in [-0.1, -0.05) is 36.4 Å². The Bertz CT molecular complexity index is 1790. The summed E-state index contributed by atoms with van der Waals surface area (Å²) < 4.78 is 45.4. The summed E-state index contributed by atoms with van der Waals surface area (Å²) in [5.74, 6) is 0.972. The number of carbonyl (C=O) groups is 2. The number of hydrogen-bond donors (Lipinski definition) is 1. The SMILES string of the molecule is CC(C)(C)OC(=O)N=C(NC(=O)OC(C)(C)C)N1CCc2ccc(OCC3CCN(S(=O)(=O)c4ccc5ccccc5c4)CC3)cc2C1. The van der Waals surface area contributed by atoms with Gasteiger partial charge in [0.2, 0.25) is 16.0 Å². The van der Waals surface area contributed by atoms with E-state index in [1.54, 1.807) is 58.0 Å². The number of sulfonamides is 1. The van der Waals surface area contributed by atoms with Crippen molar-refractivity contribution in [3.8, 4) is 5.75 Å². The summed E-state index contributed by atoms with van der Waals surface area (Å²) in [7, 11) is -3.59. The molecule has 11 nitrogen and oxygen atoms in total. The fourth-order valence-electron chi connectivity index (χ4n) is 5.76. The van der Waals surface area contributed by atoms with E-state index >= 15 is 0 Å². The van der Waals surface area contributed by atoms with Crippen LogP contribution in [0.4, 0.5) is 9.59 Å². The summed E-state index contributed by atoms with van der Waals surface area (Å²) in [5.41, 5.74) is 0.641. The van der Waals surface area contributed by atoms with Crippen LogP contribution in [0.15, 0.2) is 70.6 Å². The molecule has 0 unspecified atom stereocenters. The number of alkyl carbamates (subject to hydrolysis) is 1.